The standard InChI is InChI=1S/C12H10FN3S/c1-14-12-16-11(6-17-12)9-5-15-10-3-2-7(13)4-8(9)10/h2-6,15H,1H3,(H,14,16). The summed E-state index contributed by atoms with van der Waals surface area (Å²) in [6, 6.07) is 4.71. The molecule has 0 aliphatic carbocycles. The maximum absolute atomic E-state index is 13.2. The Morgan fingerprint density at radius 3 is 3.06 bits per heavy atom. The third kappa shape index (κ3) is 1.68. The molecular formula is C12H10FN3S. The Morgan fingerprint density at radius 1 is 1.41 bits per heavy atom. The van der Waals surface area contributed by atoms with Crippen LogP contribution >= 0.6 is 11.3 Å². The van der Waals surface area contributed by atoms with E-state index >= 15 is 0 Å². The SMILES string of the molecule is CNc1nc(-c2c[nH]c3ccc(F)cc23)cs1. The zero-order valence-corrected chi connectivity index (χ0v) is 9.94. The lowest BCUT2D eigenvalue weighted by Crippen LogP contribution is -1.85. The van der Waals surface area contributed by atoms with Gasteiger partial charge in [0.2, 0.25) is 0 Å². The second-order valence-electron chi connectivity index (χ2n) is 3.68. The minimum absolute atomic E-state index is 0.234. The molecule has 0 saturated heterocycles. The van der Waals surface area contributed by atoms with Gasteiger partial charge in [-0.3, -0.25) is 0 Å². The number of aromatic nitrogens is 2. The van der Waals surface area contributed by atoms with Crippen molar-refractivity contribution in [3.05, 3.63) is 35.6 Å². The summed E-state index contributed by atoms with van der Waals surface area (Å²) in [5.41, 5.74) is 2.70. The first kappa shape index (κ1) is 10.3. The van der Waals surface area contributed by atoms with Crippen LogP contribution in [-0.2, 0) is 0 Å². The molecule has 1 aromatic carbocycles. The van der Waals surface area contributed by atoms with Crippen LogP contribution in [0.5, 0.6) is 0 Å². The average molecular weight is 247 g/mol. The number of hydrogen-bond donors (Lipinski definition) is 2. The zero-order chi connectivity index (χ0) is 11.8. The Labute approximate surface area is 101 Å². The van der Waals surface area contributed by atoms with Gasteiger partial charge in [0.15, 0.2) is 5.13 Å². The zero-order valence-electron chi connectivity index (χ0n) is 9.12. The summed E-state index contributed by atoms with van der Waals surface area (Å²) in [6.45, 7) is 0. The van der Waals surface area contributed by atoms with Crippen molar-refractivity contribution in [3.63, 3.8) is 0 Å². The quantitative estimate of drug-likeness (QED) is 0.728. The Morgan fingerprint density at radius 2 is 2.29 bits per heavy atom. The van der Waals surface area contributed by atoms with Crippen LogP contribution < -0.4 is 5.32 Å². The number of benzene rings is 1. The van der Waals surface area contributed by atoms with Crippen LogP contribution in [0.3, 0.4) is 0 Å². The second-order valence-corrected chi connectivity index (χ2v) is 4.54. The number of fused-ring (bicyclic) bond motifs is 1. The van der Waals surface area contributed by atoms with Crippen molar-refractivity contribution >= 4 is 27.4 Å². The average Bonchev–Trinajstić information content (AvgIpc) is 2.93. The van der Waals surface area contributed by atoms with Crippen LogP contribution in [0.2, 0.25) is 0 Å². The van der Waals surface area contributed by atoms with Gasteiger partial charge < -0.3 is 10.3 Å². The van der Waals surface area contributed by atoms with Crippen LogP contribution in [-0.4, -0.2) is 17.0 Å². The molecule has 0 amide bonds. The molecular weight excluding hydrogens is 237 g/mol. The number of H-pyrrole nitrogens is 1. The molecule has 86 valence electrons. The van der Waals surface area contributed by atoms with Crippen molar-refractivity contribution in [3.8, 4) is 11.3 Å². The number of thiazole rings is 1. The number of nitrogens with zero attached hydrogens (tertiary/aromatic N) is 1. The molecule has 3 nitrogen and oxygen atoms in total. The fraction of sp³-hybridized carbons (Fsp3) is 0.0833. The van der Waals surface area contributed by atoms with Crippen molar-refractivity contribution in [2.24, 2.45) is 0 Å². The predicted octanol–water partition coefficient (Wildman–Crippen LogP) is 3.47. The van der Waals surface area contributed by atoms with E-state index in [1.54, 1.807) is 6.07 Å². The first-order valence-electron chi connectivity index (χ1n) is 5.18. The summed E-state index contributed by atoms with van der Waals surface area (Å²) in [7, 11) is 1.83. The van der Waals surface area contributed by atoms with Crippen molar-refractivity contribution in [1.82, 2.24) is 9.97 Å². The molecule has 0 bridgehead atoms. The summed E-state index contributed by atoms with van der Waals surface area (Å²) < 4.78 is 13.2. The molecule has 5 heteroatoms. The summed E-state index contributed by atoms with van der Waals surface area (Å²) in [4.78, 5) is 7.53. The van der Waals surface area contributed by atoms with Gasteiger partial charge in [0, 0.05) is 35.1 Å². The lowest BCUT2D eigenvalue weighted by molar-refractivity contribution is 0.630. The van der Waals surface area contributed by atoms with Crippen LogP contribution in [0.25, 0.3) is 22.2 Å². The first-order valence-corrected chi connectivity index (χ1v) is 6.06. The maximum Gasteiger partial charge on any atom is 0.182 e. The van der Waals surface area contributed by atoms with Gasteiger partial charge in [-0.2, -0.15) is 0 Å². The topological polar surface area (TPSA) is 40.7 Å². The maximum atomic E-state index is 13.2. The lowest BCUT2D eigenvalue weighted by Gasteiger charge is -1.95. The molecule has 0 aliphatic rings. The predicted molar refractivity (Wildman–Crippen MR) is 68.9 cm³/mol. The molecule has 0 atom stereocenters. The summed E-state index contributed by atoms with van der Waals surface area (Å²) >= 11 is 1.53. The van der Waals surface area contributed by atoms with E-state index in [9.17, 15) is 4.39 Å². The van der Waals surface area contributed by atoms with Crippen molar-refractivity contribution in [1.29, 1.82) is 0 Å². The van der Waals surface area contributed by atoms with Crippen molar-refractivity contribution < 1.29 is 4.39 Å². The lowest BCUT2D eigenvalue weighted by atomic mass is 10.1. The Hall–Kier alpha value is -1.88. The van der Waals surface area contributed by atoms with Crippen LogP contribution in [0.15, 0.2) is 29.8 Å². The number of hydrogen-bond acceptors (Lipinski definition) is 3. The smallest absolute Gasteiger partial charge is 0.182 e. The Balaban J connectivity index is 2.19. The fourth-order valence-corrected chi connectivity index (χ4v) is 2.49. The largest absolute Gasteiger partial charge is 0.365 e. The third-order valence-corrected chi connectivity index (χ3v) is 3.50. The number of nitrogens with one attached hydrogen (secondary N) is 2. The first-order chi connectivity index (χ1) is 8.28. The van der Waals surface area contributed by atoms with Crippen LogP contribution in [0.4, 0.5) is 9.52 Å². The van der Waals surface area contributed by atoms with E-state index < -0.39 is 0 Å². The number of aromatic amines is 1. The molecule has 0 unspecified atom stereocenters. The van der Waals surface area contributed by atoms with E-state index in [0.717, 1.165) is 27.3 Å². The van der Waals surface area contributed by atoms with Gasteiger partial charge in [-0.25, -0.2) is 9.37 Å². The molecule has 17 heavy (non-hydrogen) atoms. The molecule has 2 N–H and O–H groups in total. The normalized spacial score (nSPS) is 10.9. The van der Waals surface area contributed by atoms with E-state index in [1.807, 2.05) is 18.6 Å². The fourth-order valence-electron chi connectivity index (χ4n) is 1.82. The number of anilines is 1. The van der Waals surface area contributed by atoms with Crippen molar-refractivity contribution in [2.45, 2.75) is 0 Å². The third-order valence-electron chi connectivity index (χ3n) is 2.64. The summed E-state index contributed by atoms with van der Waals surface area (Å²) in [5, 5.41) is 6.66. The molecule has 3 rings (SSSR count). The minimum atomic E-state index is -0.234. The summed E-state index contributed by atoms with van der Waals surface area (Å²) in [6.07, 6.45) is 1.86. The number of rotatable bonds is 2. The van der Waals surface area contributed by atoms with E-state index in [0.29, 0.717) is 0 Å². The van der Waals surface area contributed by atoms with Crippen LogP contribution in [0, 0.1) is 5.82 Å². The second kappa shape index (κ2) is 3.85. The Kier molecular flexibility index (Phi) is 2.33. The molecule has 0 saturated carbocycles. The van der Waals surface area contributed by atoms with Crippen LogP contribution in [0.1, 0.15) is 0 Å². The molecule has 0 aliphatic heterocycles. The van der Waals surface area contributed by atoms with Crippen molar-refractivity contribution in [2.75, 3.05) is 12.4 Å². The molecule has 3 aromatic rings. The van der Waals surface area contributed by atoms with Gasteiger partial charge in [0.05, 0.1) is 5.69 Å². The Bertz CT molecular complexity index is 671. The molecule has 0 radical (unpaired) electrons. The van der Waals surface area contributed by atoms with E-state index in [4.69, 9.17) is 0 Å². The highest BCUT2D eigenvalue weighted by molar-refractivity contribution is 7.14. The monoisotopic (exact) mass is 247 g/mol. The van der Waals surface area contributed by atoms with Gasteiger partial charge in [-0.15, -0.1) is 11.3 Å². The highest BCUT2D eigenvalue weighted by Gasteiger charge is 2.10. The number of halogens is 1. The molecule has 2 aromatic heterocycles. The summed E-state index contributed by atoms with van der Waals surface area (Å²) in [5.74, 6) is -0.234. The highest BCUT2D eigenvalue weighted by atomic mass is 32.1. The van der Waals surface area contributed by atoms with Gasteiger partial charge in [0.25, 0.3) is 0 Å². The molecule has 0 fully saturated rings. The molecule has 0 spiro atoms. The minimum Gasteiger partial charge on any atom is -0.365 e. The van der Waals surface area contributed by atoms with E-state index in [2.05, 4.69) is 15.3 Å². The highest BCUT2D eigenvalue weighted by Crippen LogP contribution is 2.31. The van der Waals surface area contributed by atoms with E-state index in [1.165, 1.54) is 23.5 Å². The van der Waals surface area contributed by atoms with Gasteiger partial charge in [0.1, 0.15) is 5.82 Å². The molecule has 2 heterocycles. The van der Waals surface area contributed by atoms with Gasteiger partial charge in [-0.05, 0) is 18.2 Å². The van der Waals surface area contributed by atoms with Gasteiger partial charge in [-0.1, -0.05) is 0 Å². The van der Waals surface area contributed by atoms with Gasteiger partial charge >= 0.3 is 0 Å². The van der Waals surface area contributed by atoms with E-state index in [-0.39, 0.29) is 5.82 Å².